The van der Waals surface area contributed by atoms with E-state index in [9.17, 15) is 4.39 Å². The molecule has 1 unspecified atom stereocenters. The quantitative estimate of drug-likeness (QED) is 0.892. The molecular weight excluding hydrogens is 239 g/mol. The maximum Gasteiger partial charge on any atom is 0.147 e. The van der Waals surface area contributed by atoms with Crippen LogP contribution in [0.4, 0.5) is 10.1 Å². The van der Waals surface area contributed by atoms with Crippen molar-refractivity contribution in [3.05, 3.63) is 29.0 Å². The molecule has 1 N–H and O–H groups in total. The molecule has 1 fully saturated rings. The zero-order chi connectivity index (χ0) is 12.3. The molecule has 17 heavy (non-hydrogen) atoms. The molecule has 0 radical (unpaired) electrons. The summed E-state index contributed by atoms with van der Waals surface area (Å²) in [6.07, 6.45) is 3.71. The van der Waals surface area contributed by atoms with Gasteiger partial charge in [0.2, 0.25) is 0 Å². The smallest absolute Gasteiger partial charge is 0.147 e. The zero-order valence-corrected chi connectivity index (χ0v) is 10.8. The highest BCUT2D eigenvalue weighted by Gasteiger charge is 2.18. The van der Waals surface area contributed by atoms with Gasteiger partial charge in [-0.25, -0.2) is 4.39 Å². The van der Waals surface area contributed by atoms with Crippen LogP contribution >= 0.6 is 11.6 Å². The van der Waals surface area contributed by atoms with Gasteiger partial charge in [-0.05, 0) is 44.6 Å². The minimum absolute atomic E-state index is 0.282. The molecule has 0 aromatic heterocycles. The maximum absolute atomic E-state index is 13.5. The van der Waals surface area contributed by atoms with E-state index in [1.807, 2.05) is 0 Å². The standard InChI is InChI=1S/C13H18ClFN2/c1-17-7-3-2-4-11(17)9-16-13-6-5-10(14)8-12(13)15/h5-6,8,11,16H,2-4,7,9H2,1H3. The largest absolute Gasteiger partial charge is 0.381 e. The Labute approximate surface area is 107 Å². The van der Waals surface area contributed by atoms with Crippen LogP contribution in [0.3, 0.4) is 0 Å². The lowest BCUT2D eigenvalue weighted by Gasteiger charge is -2.32. The van der Waals surface area contributed by atoms with Crippen molar-refractivity contribution in [2.24, 2.45) is 0 Å². The second-order valence-corrected chi connectivity index (χ2v) is 5.07. The summed E-state index contributed by atoms with van der Waals surface area (Å²) >= 11 is 5.71. The van der Waals surface area contributed by atoms with Crippen LogP contribution in [0.1, 0.15) is 19.3 Å². The van der Waals surface area contributed by atoms with Gasteiger partial charge in [0.25, 0.3) is 0 Å². The van der Waals surface area contributed by atoms with Gasteiger partial charge in [0.1, 0.15) is 5.82 Å². The lowest BCUT2D eigenvalue weighted by atomic mass is 10.0. The zero-order valence-electron chi connectivity index (χ0n) is 10.0. The third-order valence-electron chi connectivity index (χ3n) is 3.38. The molecule has 1 saturated heterocycles. The Morgan fingerprint density at radius 2 is 2.29 bits per heavy atom. The predicted molar refractivity (Wildman–Crippen MR) is 70.2 cm³/mol. The van der Waals surface area contributed by atoms with E-state index in [0.29, 0.717) is 16.8 Å². The molecule has 2 nitrogen and oxygen atoms in total. The fraction of sp³-hybridized carbons (Fsp3) is 0.538. The minimum Gasteiger partial charge on any atom is -0.381 e. The number of nitrogens with one attached hydrogen (secondary N) is 1. The molecule has 1 aromatic rings. The van der Waals surface area contributed by atoms with E-state index in [1.165, 1.54) is 25.3 Å². The van der Waals surface area contributed by atoms with E-state index in [4.69, 9.17) is 11.6 Å². The summed E-state index contributed by atoms with van der Waals surface area (Å²) in [5.41, 5.74) is 0.536. The average molecular weight is 257 g/mol. The van der Waals surface area contributed by atoms with Crippen molar-refractivity contribution in [3.63, 3.8) is 0 Å². The number of nitrogens with zero attached hydrogens (tertiary/aromatic N) is 1. The number of hydrogen-bond donors (Lipinski definition) is 1. The summed E-state index contributed by atoms with van der Waals surface area (Å²) in [5.74, 6) is -0.282. The minimum atomic E-state index is -0.282. The van der Waals surface area contributed by atoms with Crippen molar-refractivity contribution in [1.82, 2.24) is 4.90 Å². The molecule has 1 aliphatic heterocycles. The molecule has 94 valence electrons. The SMILES string of the molecule is CN1CCCCC1CNc1ccc(Cl)cc1F. The third-order valence-corrected chi connectivity index (χ3v) is 3.62. The molecule has 0 amide bonds. The van der Waals surface area contributed by atoms with Crippen molar-refractivity contribution in [3.8, 4) is 0 Å². The molecule has 1 atom stereocenters. The van der Waals surface area contributed by atoms with Crippen LogP contribution in [0.15, 0.2) is 18.2 Å². The summed E-state index contributed by atoms with van der Waals surface area (Å²) in [6.45, 7) is 1.92. The topological polar surface area (TPSA) is 15.3 Å². The fourth-order valence-corrected chi connectivity index (χ4v) is 2.42. The summed E-state index contributed by atoms with van der Waals surface area (Å²) < 4.78 is 13.5. The Morgan fingerprint density at radius 1 is 1.47 bits per heavy atom. The number of piperidine rings is 1. The second kappa shape index (κ2) is 5.69. The highest BCUT2D eigenvalue weighted by Crippen LogP contribution is 2.20. The molecule has 1 heterocycles. The monoisotopic (exact) mass is 256 g/mol. The normalized spacial score (nSPS) is 21.5. The van der Waals surface area contributed by atoms with Gasteiger partial charge in [-0.1, -0.05) is 18.0 Å². The Balaban J connectivity index is 1.92. The first-order valence-electron chi connectivity index (χ1n) is 6.06. The molecular formula is C13H18ClFN2. The number of likely N-dealkylation sites (N-methyl/N-ethyl adjacent to an activating group) is 1. The molecule has 0 aliphatic carbocycles. The summed E-state index contributed by atoms with van der Waals surface area (Å²) in [6, 6.07) is 5.24. The van der Waals surface area contributed by atoms with Gasteiger partial charge < -0.3 is 10.2 Å². The average Bonchev–Trinajstić information content (AvgIpc) is 2.30. The number of hydrogen-bond acceptors (Lipinski definition) is 2. The summed E-state index contributed by atoms with van der Waals surface area (Å²) in [5, 5.41) is 3.60. The van der Waals surface area contributed by atoms with Gasteiger partial charge in [0.05, 0.1) is 5.69 Å². The van der Waals surface area contributed by atoms with Crippen molar-refractivity contribution in [2.75, 3.05) is 25.5 Å². The van der Waals surface area contributed by atoms with Crippen LogP contribution in [0, 0.1) is 5.82 Å². The van der Waals surface area contributed by atoms with Gasteiger partial charge in [-0.2, -0.15) is 0 Å². The molecule has 0 bridgehead atoms. The summed E-state index contributed by atoms with van der Waals surface area (Å²) in [7, 11) is 2.13. The Bertz CT molecular complexity index is 384. The summed E-state index contributed by atoms with van der Waals surface area (Å²) in [4.78, 5) is 2.34. The van der Waals surface area contributed by atoms with Crippen LogP contribution in [0.2, 0.25) is 5.02 Å². The molecule has 0 spiro atoms. The molecule has 1 aliphatic rings. The van der Waals surface area contributed by atoms with Crippen molar-refractivity contribution in [2.45, 2.75) is 25.3 Å². The van der Waals surface area contributed by atoms with Crippen LogP contribution in [0.25, 0.3) is 0 Å². The van der Waals surface area contributed by atoms with Gasteiger partial charge in [-0.15, -0.1) is 0 Å². The van der Waals surface area contributed by atoms with Crippen LogP contribution in [-0.2, 0) is 0 Å². The lowest BCUT2D eigenvalue weighted by molar-refractivity contribution is 0.194. The molecule has 4 heteroatoms. The van der Waals surface area contributed by atoms with Crippen molar-refractivity contribution in [1.29, 1.82) is 0 Å². The predicted octanol–water partition coefficient (Wildman–Crippen LogP) is 3.38. The molecule has 1 aromatic carbocycles. The first kappa shape index (κ1) is 12.7. The fourth-order valence-electron chi connectivity index (χ4n) is 2.26. The Kier molecular flexibility index (Phi) is 4.24. The number of benzene rings is 1. The second-order valence-electron chi connectivity index (χ2n) is 4.64. The van der Waals surface area contributed by atoms with E-state index in [2.05, 4.69) is 17.3 Å². The first-order chi connectivity index (χ1) is 8.16. The van der Waals surface area contributed by atoms with E-state index in [1.54, 1.807) is 12.1 Å². The van der Waals surface area contributed by atoms with Crippen LogP contribution in [-0.4, -0.2) is 31.1 Å². The number of halogens is 2. The van der Waals surface area contributed by atoms with Crippen molar-refractivity contribution >= 4 is 17.3 Å². The van der Waals surface area contributed by atoms with Gasteiger partial charge >= 0.3 is 0 Å². The third kappa shape index (κ3) is 3.33. The van der Waals surface area contributed by atoms with Crippen molar-refractivity contribution < 1.29 is 4.39 Å². The Hall–Kier alpha value is -0.800. The molecule has 0 saturated carbocycles. The van der Waals surface area contributed by atoms with E-state index in [0.717, 1.165) is 13.1 Å². The van der Waals surface area contributed by atoms with E-state index < -0.39 is 0 Å². The first-order valence-corrected chi connectivity index (χ1v) is 6.44. The maximum atomic E-state index is 13.5. The number of rotatable bonds is 3. The van der Waals surface area contributed by atoms with E-state index >= 15 is 0 Å². The van der Waals surface area contributed by atoms with Crippen LogP contribution < -0.4 is 5.32 Å². The number of likely N-dealkylation sites (tertiary alicyclic amines) is 1. The molecule has 2 rings (SSSR count). The highest BCUT2D eigenvalue weighted by atomic mass is 35.5. The highest BCUT2D eigenvalue weighted by molar-refractivity contribution is 6.30. The van der Waals surface area contributed by atoms with Gasteiger partial charge in [0.15, 0.2) is 0 Å². The van der Waals surface area contributed by atoms with Gasteiger partial charge in [0, 0.05) is 17.6 Å². The van der Waals surface area contributed by atoms with E-state index in [-0.39, 0.29) is 5.82 Å². The van der Waals surface area contributed by atoms with Gasteiger partial charge in [-0.3, -0.25) is 0 Å². The lowest BCUT2D eigenvalue weighted by Crippen LogP contribution is -2.40. The van der Waals surface area contributed by atoms with Crippen LogP contribution in [0.5, 0.6) is 0 Å². The Morgan fingerprint density at radius 3 is 3.00 bits per heavy atom. The number of anilines is 1.